The van der Waals surface area contributed by atoms with Gasteiger partial charge in [0.1, 0.15) is 17.1 Å². The van der Waals surface area contributed by atoms with Gasteiger partial charge >= 0.3 is 0 Å². The van der Waals surface area contributed by atoms with E-state index in [0.29, 0.717) is 16.7 Å². The van der Waals surface area contributed by atoms with E-state index in [9.17, 15) is 4.79 Å². The van der Waals surface area contributed by atoms with Crippen LogP contribution < -0.4 is 5.32 Å². The normalized spacial score (nSPS) is 11.3. The zero-order valence-corrected chi connectivity index (χ0v) is 19.2. The van der Waals surface area contributed by atoms with Crippen molar-refractivity contribution in [3.63, 3.8) is 0 Å². The van der Waals surface area contributed by atoms with Crippen molar-refractivity contribution >= 4 is 44.8 Å². The van der Waals surface area contributed by atoms with Crippen LogP contribution in [0.15, 0.2) is 88.7 Å². The number of hydrogen-bond acceptors (Lipinski definition) is 5. The van der Waals surface area contributed by atoms with Gasteiger partial charge in [-0.2, -0.15) is 9.78 Å². The minimum absolute atomic E-state index is 0.105. The van der Waals surface area contributed by atoms with Gasteiger partial charge in [-0.25, -0.2) is 4.98 Å². The van der Waals surface area contributed by atoms with Crippen LogP contribution in [0, 0.1) is 6.92 Å². The zero-order valence-electron chi connectivity index (χ0n) is 18.4. The van der Waals surface area contributed by atoms with Crippen molar-refractivity contribution in [3.05, 3.63) is 95.5 Å². The third-order valence-corrected chi connectivity index (χ3v) is 6.50. The molecule has 1 N–H and O–H groups in total. The number of aryl methyl sites for hydroxylation is 1. The second-order valence-electron chi connectivity index (χ2n) is 8.11. The van der Waals surface area contributed by atoms with E-state index in [-0.39, 0.29) is 12.3 Å². The summed E-state index contributed by atoms with van der Waals surface area (Å²) in [5.74, 6) is 1.19. The lowest BCUT2D eigenvalue weighted by Crippen LogP contribution is -2.17. The van der Waals surface area contributed by atoms with Crippen LogP contribution in [0.2, 0.25) is 0 Å². The van der Waals surface area contributed by atoms with Gasteiger partial charge in [-0.15, -0.1) is 11.3 Å². The van der Waals surface area contributed by atoms with Gasteiger partial charge in [0.2, 0.25) is 11.0 Å². The van der Waals surface area contributed by atoms with Crippen LogP contribution in [0.5, 0.6) is 0 Å². The molecular weight excluding hydrogens is 444 g/mol. The summed E-state index contributed by atoms with van der Waals surface area (Å²) in [5.41, 5.74) is 3.33. The van der Waals surface area contributed by atoms with Gasteiger partial charge in [-0.05, 0) is 35.4 Å². The Morgan fingerprint density at radius 1 is 1.00 bits per heavy atom. The number of aromatic nitrogens is 3. The van der Waals surface area contributed by atoms with Gasteiger partial charge in [-0.3, -0.25) is 4.79 Å². The fraction of sp³-hybridized carbons (Fsp3) is 0.0741. The second kappa shape index (κ2) is 8.28. The summed E-state index contributed by atoms with van der Waals surface area (Å²) in [6.45, 7) is 1.89. The lowest BCUT2D eigenvalue weighted by atomic mass is 10.0. The van der Waals surface area contributed by atoms with Crippen LogP contribution in [0.3, 0.4) is 0 Å². The maximum atomic E-state index is 13.0. The third kappa shape index (κ3) is 3.76. The van der Waals surface area contributed by atoms with E-state index < -0.39 is 0 Å². The van der Waals surface area contributed by atoms with Crippen molar-refractivity contribution in [2.45, 2.75) is 13.3 Å². The summed E-state index contributed by atoms with van der Waals surface area (Å²) in [7, 11) is 0. The molecule has 0 aliphatic carbocycles. The van der Waals surface area contributed by atoms with E-state index in [1.54, 1.807) is 4.68 Å². The van der Waals surface area contributed by atoms with E-state index in [4.69, 9.17) is 9.40 Å². The number of furan rings is 1. The zero-order chi connectivity index (χ0) is 23.1. The van der Waals surface area contributed by atoms with Crippen molar-refractivity contribution in [2.24, 2.45) is 0 Å². The number of para-hydroxylation sites is 1. The highest BCUT2D eigenvalue weighted by molar-refractivity contribution is 7.12. The number of rotatable bonds is 5. The largest absolute Gasteiger partial charge is 0.454 e. The maximum absolute atomic E-state index is 13.0. The third-order valence-electron chi connectivity index (χ3n) is 5.68. The number of carbonyl (C=O) groups is 1. The Bertz CT molecular complexity index is 1620. The van der Waals surface area contributed by atoms with E-state index in [2.05, 4.69) is 22.5 Å². The first kappa shape index (κ1) is 20.4. The van der Waals surface area contributed by atoms with Crippen LogP contribution in [-0.4, -0.2) is 20.7 Å². The van der Waals surface area contributed by atoms with Crippen molar-refractivity contribution in [1.82, 2.24) is 14.8 Å². The Morgan fingerprint density at radius 3 is 2.68 bits per heavy atom. The first-order valence-electron chi connectivity index (χ1n) is 10.9. The Kier molecular flexibility index (Phi) is 4.96. The number of amides is 1. The SMILES string of the molecule is Cc1cc(NC(=O)Cc2cccc3ccccc23)n(-c2nc(-c3cc4ccccc4o3)cs2)n1. The highest BCUT2D eigenvalue weighted by Crippen LogP contribution is 2.30. The molecular formula is C27H20N4O2S. The molecule has 34 heavy (non-hydrogen) atoms. The Morgan fingerprint density at radius 2 is 1.79 bits per heavy atom. The second-order valence-corrected chi connectivity index (χ2v) is 8.95. The van der Waals surface area contributed by atoms with Gasteiger partial charge in [0.15, 0.2) is 5.76 Å². The monoisotopic (exact) mass is 464 g/mol. The number of carbonyl (C=O) groups excluding carboxylic acids is 1. The molecule has 0 radical (unpaired) electrons. The summed E-state index contributed by atoms with van der Waals surface area (Å²) in [6, 6.07) is 25.8. The van der Waals surface area contributed by atoms with Crippen LogP contribution in [0.4, 0.5) is 5.82 Å². The maximum Gasteiger partial charge on any atom is 0.229 e. The molecule has 3 aromatic heterocycles. The minimum Gasteiger partial charge on any atom is -0.454 e. The first-order valence-corrected chi connectivity index (χ1v) is 11.8. The number of hydrogen-bond donors (Lipinski definition) is 1. The average molecular weight is 465 g/mol. The van der Waals surface area contributed by atoms with Crippen molar-refractivity contribution in [2.75, 3.05) is 5.32 Å². The van der Waals surface area contributed by atoms with Gasteiger partial charge in [-0.1, -0.05) is 60.7 Å². The van der Waals surface area contributed by atoms with E-state index >= 15 is 0 Å². The number of fused-ring (bicyclic) bond motifs is 2. The molecule has 166 valence electrons. The Labute approximate surface area is 199 Å². The molecule has 0 atom stereocenters. The molecule has 0 aliphatic rings. The molecule has 0 bridgehead atoms. The van der Waals surface area contributed by atoms with Crippen molar-refractivity contribution in [3.8, 4) is 16.6 Å². The lowest BCUT2D eigenvalue weighted by Gasteiger charge is -2.08. The fourth-order valence-corrected chi connectivity index (χ4v) is 4.90. The molecule has 0 unspecified atom stereocenters. The number of thiazole rings is 1. The summed E-state index contributed by atoms with van der Waals surface area (Å²) in [5, 5.41) is 13.4. The summed E-state index contributed by atoms with van der Waals surface area (Å²) < 4.78 is 7.62. The summed E-state index contributed by atoms with van der Waals surface area (Å²) in [4.78, 5) is 17.7. The van der Waals surface area contributed by atoms with Crippen LogP contribution in [0.25, 0.3) is 38.3 Å². The first-order chi connectivity index (χ1) is 16.6. The number of benzene rings is 3. The summed E-state index contributed by atoms with van der Waals surface area (Å²) in [6.07, 6.45) is 0.272. The van der Waals surface area contributed by atoms with Gasteiger partial charge < -0.3 is 9.73 Å². The smallest absolute Gasteiger partial charge is 0.229 e. The van der Waals surface area contributed by atoms with Gasteiger partial charge in [0, 0.05) is 16.8 Å². The number of nitrogens with zero attached hydrogens (tertiary/aromatic N) is 3. The molecule has 7 heteroatoms. The molecule has 6 rings (SSSR count). The Balaban J connectivity index is 1.27. The summed E-state index contributed by atoms with van der Waals surface area (Å²) >= 11 is 1.45. The molecule has 0 aliphatic heterocycles. The lowest BCUT2D eigenvalue weighted by molar-refractivity contribution is -0.115. The van der Waals surface area contributed by atoms with Crippen LogP contribution >= 0.6 is 11.3 Å². The van der Waals surface area contributed by atoms with E-state index in [0.717, 1.165) is 38.7 Å². The molecule has 3 aromatic carbocycles. The van der Waals surface area contributed by atoms with Gasteiger partial charge in [0.05, 0.1) is 12.1 Å². The van der Waals surface area contributed by atoms with E-state index in [1.165, 1.54) is 11.3 Å². The molecule has 6 nitrogen and oxygen atoms in total. The topological polar surface area (TPSA) is 73.0 Å². The van der Waals surface area contributed by atoms with Crippen LogP contribution in [0.1, 0.15) is 11.3 Å². The van der Waals surface area contributed by atoms with Crippen molar-refractivity contribution in [1.29, 1.82) is 0 Å². The molecule has 0 spiro atoms. The minimum atomic E-state index is -0.105. The quantitative estimate of drug-likeness (QED) is 0.321. The molecule has 6 aromatic rings. The standard InChI is InChI=1S/C27H20N4O2S/c1-17-13-25(29-26(32)15-19-10-6-9-18-7-2-4-11-21(18)19)31(30-17)27-28-22(16-34-27)24-14-20-8-3-5-12-23(20)33-24/h2-14,16H,15H2,1H3,(H,29,32). The molecule has 1 amide bonds. The molecule has 0 fully saturated rings. The van der Waals surface area contributed by atoms with Crippen LogP contribution in [-0.2, 0) is 11.2 Å². The average Bonchev–Trinajstić information content (AvgIpc) is 3.57. The fourth-order valence-electron chi connectivity index (χ4n) is 4.12. The van der Waals surface area contributed by atoms with Crippen molar-refractivity contribution < 1.29 is 9.21 Å². The van der Waals surface area contributed by atoms with Gasteiger partial charge in [0.25, 0.3) is 0 Å². The Hall–Kier alpha value is -4.23. The number of anilines is 1. The highest BCUT2D eigenvalue weighted by Gasteiger charge is 2.17. The predicted octanol–water partition coefficient (Wildman–Crippen LogP) is 6.38. The number of nitrogens with one attached hydrogen (secondary N) is 1. The van der Waals surface area contributed by atoms with E-state index in [1.807, 2.05) is 79.0 Å². The highest BCUT2D eigenvalue weighted by atomic mass is 32.1. The molecule has 0 saturated heterocycles. The predicted molar refractivity (Wildman–Crippen MR) is 135 cm³/mol. The molecule has 0 saturated carbocycles. The molecule has 3 heterocycles.